The molecule has 1 saturated carbocycles. The summed E-state index contributed by atoms with van der Waals surface area (Å²) in [5.74, 6) is -0.435. The number of likely N-dealkylation sites (tertiary alicyclic amines) is 1. The summed E-state index contributed by atoms with van der Waals surface area (Å²) >= 11 is 0. The predicted molar refractivity (Wildman–Crippen MR) is 73.4 cm³/mol. The maximum atomic E-state index is 12.4. The Labute approximate surface area is 119 Å². The van der Waals surface area contributed by atoms with Crippen molar-refractivity contribution in [3.8, 4) is 0 Å². The number of carboxylic acid groups (broad SMARTS) is 1. The summed E-state index contributed by atoms with van der Waals surface area (Å²) in [6.07, 6.45) is 3.01. The van der Waals surface area contributed by atoms with Gasteiger partial charge >= 0.3 is 12.0 Å². The van der Waals surface area contributed by atoms with E-state index in [4.69, 9.17) is 4.74 Å². The van der Waals surface area contributed by atoms with Gasteiger partial charge in [-0.05, 0) is 38.5 Å². The molecule has 0 aromatic rings. The third-order valence-corrected chi connectivity index (χ3v) is 4.35. The number of hydrogen-bond acceptors (Lipinski definition) is 3. The highest BCUT2D eigenvalue weighted by atomic mass is 16.5. The van der Waals surface area contributed by atoms with Crippen LogP contribution in [0.4, 0.5) is 4.79 Å². The van der Waals surface area contributed by atoms with Gasteiger partial charge in [-0.2, -0.15) is 0 Å². The van der Waals surface area contributed by atoms with Gasteiger partial charge in [0.2, 0.25) is 0 Å². The first kappa shape index (κ1) is 15.1. The van der Waals surface area contributed by atoms with E-state index in [2.05, 4.69) is 5.32 Å². The summed E-state index contributed by atoms with van der Waals surface area (Å²) in [4.78, 5) is 25.4. The van der Waals surface area contributed by atoms with Crippen molar-refractivity contribution in [1.82, 2.24) is 10.2 Å². The smallest absolute Gasteiger partial charge is 0.326 e. The third-order valence-electron chi connectivity index (χ3n) is 4.35. The van der Waals surface area contributed by atoms with Crippen molar-refractivity contribution in [2.24, 2.45) is 11.8 Å². The molecule has 114 valence electrons. The summed E-state index contributed by atoms with van der Waals surface area (Å²) < 4.78 is 5.07. The van der Waals surface area contributed by atoms with Crippen LogP contribution >= 0.6 is 0 Å². The van der Waals surface area contributed by atoms with Crippen LogP contribution in [0, 0.1) is 11.8 Å². The molecule has 2 rings (SSSR count). The maximum absolute atomic E-state index is 12.4. The van der Waals surface area contributed by atoms with Gasteiger partial charge in [0.1, 0.15) is 6.04 Å². The monoisotopic (exact) mass is 284 g/mol. The van der Waals surface area contributed by atoms with Crippen LogP contribution in [0.25, 0.3) is 0 Å². The number of ether oxygens (including phenoxy) is 1. The zero-order valence-corrected chi connectivity index (χ0v) is 12.4. The maximum Gasteiger partial charge on any atom is 0.326 e. The Morgan fingerprint density at radius 3 is 2.70 bits per heavy atom. The Bertz CT molecular complexity index is 397. The van der Waals surface area contributed by atoms with E-state index in [9.17, 15) is 14.7 Å². The van der Waals surface area contributed by atoms with Gasteiger partial charge in [-0.15, -0.1) is 0 Å². The second kappa shape index (κ2) is 5.60. The number of carbonyl (C=O) groups is 2. The van der Waals surface area contributed by atoms with Crippen molar-refractivity contribution < 1.29 is 19.4 Å². The minimum atomic E-state index is -0.890. The third kappa shape index (κ3) is 2.90. The van der Waals surface area contributed by atoms with Crippen LogP contribution in [0.5, 0.6) is 0 Å². The van der Waals surface area contributed by atoms with Crippen LogP contribution < -0.4 is 5.32 Å². The highest BCUT2D eigenvalue weighted by Crippen LogP contribution is 2.42. The minimum Gasteiger partial charge on any atom is -0.480 e. The Morgan fingerprint density at radius 2 is 2.10 bits per heavy atom. The number of aliphatic carboxylic acids is 1. The minimum absolute atomic E-state index is 0.115. The number of nitrogens with one attached hydrogen (secondary N) is 1. The molecule has 3 atom stereocenters. The van der Waals surface area contributed by atoms with Gasteiger partial charge in [0, 0.05) is 13.7 Å². The van der Waals surface area contributed by atoms with E-state index < -0.39 is 17.6 Å². The van der Waals surface area contributed by atoms with Gasteiger partial charge in [-0.1, -0.05) is 6.42 Å². The lowest BCUT2D eigenvalue weighted by Gasteiger charge is -2.31. The van der Waals surface area contributed by atoms with Gasteiger partial charge < -0.3 is 20.1 Å². The SMILES string of the molecule is COCC(C)(C)NC(=O)N1CC2CCCC2C1C(=O)O. The van der Waals surface area contributed by atoms with Crippen LogP contribution in [-0.2, 0) is 9.53 Å². The van der Waals surface area contributed by atoms with Crippen molar-refractivity contribution in [3.63, 3.8) is 0 Å². The lowest BCUT2D eigenvalue weighted by molar-refractivity contribution is -0.142. The highest BCUT2D eigenvalue weighted by molar-refractivity contribution is 5.84. The first-order chi connectivity index (χ1) is 9.35. The Kier molecular flexibility index (Phi) is 4.22. The second-order valence-corrected chi connectivity index (χ2v) is 6.54. The van der Waals surface area contributed by atoms with Crippen LogP contribution in [0.2, 0.25) is 0 Å². The molecular formula is C14H24N2O4. The Morgan fingerprint density at radius 1 is 1.40 bits per heavy atom. The summed E-state index contributed by atoms with van der Waals surface area (Å²) in [7, 11) is 1.58. The zero-order valence-electron chi connectivity index (χ0n) is 12.4. The second-order valence-electron chi connectivity index (χ2n) is 6.54. The number of hydrogen-bond donors (Lipinski definition) is 2. The lowest BCUT2D eigenvalue weighted by atomic mass is 9.94. The molecule has 0 aromatic heterocycles. The van der Waals surface area contributed by atoms with Crippen molar-refractivity contribution >= 4 is 12.0 Å². The van der Waals surface area contributed by atoms with E-state index in [0.29, 0.717) is 19.1 Å². The van der Waals surface area contributed by atoms with Crippen molar-refractivity contribution in [2.75, 3.05) is 20.3 Å². The van der Waals surface area contributed by atoms with E-state index in [0.717, 1.165) is 19.3 Å². The zero-order chi connectivity index (χ0) is 14.9. The Hall–Kier alpha value is -1.30. The topological polar surface area (TPSA) is 78.9 Å². The molecule has 2 N–H and O–H groups in total. The molecule has 0 bridgehead atoms. The molecule has 20 heavy (non-hydrogen) atoms. The first-order valence-corrected chi connectivity index (χ1v) is 7.16. The molecule has 2 fully saturated rings. The molecule has 6 heteroatoms. The van der Waals surface area contributed by atoms with Crippen molar-refractivity contribution in [1.29, 1.82) is 0 Å². The molecule has 0 radical (unpaired) electrons. The normalized spacial score (nSPS) is 29.4. The van der Waals surface area contributed by atoms with Gasteiger partial charge in [0.15, 0.2) is 0 Å². The molecule has 2 aliphatic rings. The van der Waals surface area contributed by atoms with Crippen LogP contribution in [-0.4, -0.2) is 53.8 Å². The molecule has 0 spiro atoms. The Balaban J connectivity index is 2.07. The number of methoxy groups -OCH3 is 1. The summed E-state index contributed by atoms with van der Waals surface area (Å²) in [5.41, 5.74) is -0.507. The number of fused-ring (bicyclic) bond motifs is 1. The van der Waals surface area contributed by atoms with E-state index in [1.165, 1.54) is 4.90 Å². The van der Waals surface area contributed by atoms with Crippen LogP contribution in [0.15, 0.2) is 0 Å². The highest BCUT2D eigenvalue weighted by Gasteiger charge is 2.50. The van der Waals surface area contributed by atoms with Crippen LogP contribution in [0.1, 0.15) is 33.1 Å². The lowest BCUT2D eigenvalue weighted by Crippen LogP contribution is -2.55. The number of nitrogens with zero attached hydrogens (tertiary/aromatic N) is 1. The molecule has 3 unspecified atom stereocenters. The average molecular weight is 284 g/mol. The molecule has 1 aliphatic heterocycles. The van der Waals surface area contributed by atoms with Gasteiger partial charge in [-0.3, -0.25) is 0 Å². The summed E-state index contributed by atoms with van der Waals surface area (Å²) in [6, 6.07) is -0.977. The number of urea groups is 1. The first-order valence-electron chi connectivity index (χ1n) is 7.16. The molecule has 1 heterocycles. The van der Waals surface area contributed by atoms with Crippen LogP contribution in [0.3, 0.4) is 0 Å². The quantitative estimate of drug-likeness (QED) is 0.815. The summed E-state index contributed by atoms with van der Waals surface area (Å²) in [6.45, 7) is 4.66. The van der Waals surface area contributed by atoms with E-state index in [-0.39, 0.29) is 11.9 Å². The predicted octanol–water partition coefficient (Wildman–Crippen LogP) is 1.31. The molecule has 1 saturated heterocycles. The number of carboxylic acids is 1. The molecule has 1 aliphatic carbocycles. The molecule has 0 aromatic carbocycles. The fourth-order valence-electron chi connectivity index (χ4n) is 3.59. The standard InChI is InChI=1S/C14H24N2O4/c1-14(2,8-20-3)15-13(19)16-7-9-5-4-6-10(9)11(16)12(17)18/h9-11H,4-8H2,1-3H3,(H,15,19)(H,17,18). The van der Waals surface area contributed by atoms with Crippen molar-refractivity contribution in [2.45, 2.75) is 44.7 Å². The van der Waals surface area contributed by atoms with E-state index in [1.54, 1.807) is 7.11 Å². The number of amides is 2. The average Bonchev–Trinajstić information content (AvgIpc) is 2.85. The summed E-state index contributed by atoms with van der Waals surface area (Å²) in [5, 5.41) is 12.3. The molecular weight excluding hydrogens is 260 g/mol. The number of rotatable bonds is 4. The van der Waals surface area contributed by atoms with E-state index >= 15 is 0 Å². The number of carbonyl (C=O) groups excluding carboxylic acids is 1. The molecule has 2 amide bonds. The molecule has 6 nitrogen and oxygen atoms in total. The van der Waals surface area contributed by atoms with Gasteiger partial charge in [0.25, 0.3) is 0 Å². The van der Waals surface area contributed by atoms with Gasteiger partial charge in [-0.25, -0.2) is 9.59 Å². The largest absolute Gasteiger partial charge is 0.480 e. The van der Waals surface area contributed by atoms with Crippen molar-refractivity contribution in [3.05, 3.63) is 0 Å². The van der Waals surface area contributed by atoms with Gasteiger partial charge in [0.05, 0.1) is 12.1 Å². The fraction of sp³-hybridized carbons (Fsp3) is 0.857. The fourth-order valence-corrected chi connectivity index (χ4v) is 3.59. The van der Waals surface area contributed by atoms with E-state index in [1.807, 2.05) is 13.8 Å².